The Hall–Kier alpha value is -3.67. The number of aryl methyl sites for hydroxylation is 2. The van der Waals surface area contributed by atoms with Gasteiger partial charge in [0.05, 0.1) is 18.0 Å². The lowest BCUT2D eigenvalue weighted by Crippen LogP contribution is -2.48. The predicted molar refractivity (Wildman–Crippen MR) is 139 cm³/mol. The second-order valence-electron chi connectivity index (χ2n) is 8.54. The van der Waals surface area contributed by atoms with Crippen LogP contribution in [0.5, 0.6) is 0 Å². The highest BCUT2D eigenvalue weighted by Gasteiger charge is 2.35. The van der Waals surface area contributed by atoms with E-state index in [1.54, 1.807) is 25.1 Å². The summed E-state index contributed by atoms with van der Waals surface area (Å²) in [6.45, 7) is 3.12. The number of carbonyl (C=O) groups is 2. The molecule has 2 N–H and O–H groups in total. The highest BCUT2D eigenvalue weighted by molar-refractivity contribution is 7.89. The maximum atomic E-state index is 15.0. The normalized spacial score (nSPS) is 12.1. The largest absolute Gasteiger partial charge is 0.383 e. The standard InChI is InChI=1S/C27H29F2N3O5S/c1-18-8-13-24(19(2)16-18)32(25(33)17-31-38(35,36)21-11-9-20(28)10-12-21)26(27(34)30-14-15-37-3)22-6-4-5-7-23(22)29/h4-13,16,26,31H,14-15,17H2,1-3H3,(H,30,34). The number of ether oxygens (including phenoxy) is 1. The number of methoxy groups -OCH3 is 1. The number of hydrogen-bond donors (Lipinski definition) is 2. The molecule has 0 aromatic heterocycles. The summed E-state index contributed by atoms with van der Waals surface area (Å²) in [6, 6.07) is 13.3. The van der Waals surface area contributed by atoms with E-state index in [-0.39, 0.29) is 23.6 Å². The topological polar surface area (TPSA) is 105 Å². The Morgan fingerprint density at radius 2 is 1.68 bits per heavy atom. The fourth-order valence-electron chi connectivity index (χ4n) is 3.90. The molecule has 0 fully saturated rings. The van der Waals surface area contributed by atoms with Crippen molar-refractivity contribution in [1.82, 2.24) is 10.0 Å². The van der Waals surface area contributed by atoms with Gasteiger partial charge in [-0.15, -0.1) is 0 Å². The number of carbonyl (C=O) groups excluding carboxylic acids is 2. The average molecular weight is 546 g/mol. The van der Waals surface area contributed by atoms with E-state index in [9.17, 15) is 22.4 Å². The molecule has 8 nitrogen and oxygen atoms in total. The highest BCUT2D eigenvalue weighted by Crippen LogP contribution is 2.32. The predicted octanol–water partition coefficient (Wildman–Crippen LogP) is 3.40. The van der Waals surface area contributed by atoms with Gasteiger partial charge in [-0.25, -0.2) is 21.9 Å². The van der Waals surface area contributed by atoms with Crippen molar-refractivity contribution in [1.29, 1.82) is 0 Å². The number of amides is 2. The monoisotopic (exact) mass is 545 g/mol. The fourth-order valence-corrected chi connectivity index (χ4v) is 4.87. The number of rotatable bonds is 11. The van der Waals surface area contributed by atoms with Crippen LogP contribution < -0.4 is 14.9 Å². The summed E-state index contributed by atoms with van der Waals surface area (Å²) in [7, 11) is -2.74. The SMILES string of the molecule is COCCNC(=O)C(c1ccccc1F)N(C(=O)CNS(=O)(=O)c1ccc(F)cc1)c1ccc(C)cc1C. The maximum Gasteiger partial charge on any atom is 0.248 e. The summed E-state index contributed by atoms with van der Waals surface area (Å²) in [5, 5.41) is 2.65. The van der Waals surface area contributed by atoms with E-state index in [2.05, 4.69) is 10.0 Å². The lowest BCUT2D eigenvalue weighted by atomic mass is 10.0. The first kappa shape index (κ1) is 28.9. The first-order valence-electron chi connectivity index (χ1n) is 11.7. The van der Waals surface area contributed by atoms with Gasteiger partial charge in [-0.3, -0.25) is 14.5 Å². The molecule has 0 spiro atoms. The van der Waals surface area contributed by atoms with Gasteiger partial charge in [-0.1, -0.05) is 35.9 Å². The number of anilines is 1. The van der Waals surface area contributed by atoms with Crippen LogP contribution in [0.1, 0.15) is 22.7 Å². The molecule has 3 rings (SSSR count). The highest BCUT2D eigenvalue weighted by atomic mass is 32.2. The summed E-state index contributed by atoms with van der Waals surface area (Å²) in [6.07, 6.45) is 0. The minimum absolute atomic E-state index is 0.0721. The lowest BCUT2D eigenvalue weighted by Gasteiger charge is -2.33. The van der Waals surface area contributed by atoms with E-state index in [0.717, 1.165) is 34.7 Å². The lowest BCUT2D eigenvalue weighted by molar-refractivity contribution is -0.126. The van der Waals surface area contributed by atoms with Crippen molar-refractivity contribution >= 4 is 27.5 Å². The molecule has 0 aliphatic rings. The first-order chi connectivity index (χ1) is 18.0. The Balaban J connectivity index is 2.05. The van der Waals surface area contributed by atoms with Crippen LogP contribution in [0.2, 0.25) is 0 Å². The zero-order chi connectivity index (χ0) is 27.9. The fraction of sp³-hybridized carbons (Fsp3) is 0.259. The molecular formula is C27H29F2N3O5S. The van der Waals surface area contributed by atoms with Gasteiger partial charge < -0.3 is 10.1 Å². The van der Waals surface area contributed by atoms with Crippen molar-refractivity contribution in [2.24, 2.45) is 0 Å². The second kappa shape index (κ2) is 12.7. The molecule has 202 valence electrons. The van der Waals surface area contributed by atoms with Gasteiger partial charge in [0.1, 0.15) is 17.7 Å². The summed E-state index contributed by atoms with van der Waals surface area (Å²) < 4.78 is 61.0. The molecule has 3 aromatic rings. The van der Waals surface area contributed by atoms with Crippen molar-refractivity contribution in [2.45, 2.75) is 24.8 Å². The first-order valence-corrected chi connectivity index (χ1v) is 13.2. The molecule has 3 aromatic carbocycles. The van der Waals surface area contributed by atoms with E-state index >= 15 is 4.39 Å². The molecule has 1 atom stereocenters. The molecule has 0 aliphatic heterocycles. The third kappa shape index (κ3) is 7.00. The van der Waals surface area contributed by atoms with Gasteiger partial charge in [-0.2, -0.15) is 0 Å². The van der Waals surface area contributed by atoms with E-state index in [1.165, 1.54) is 31.4 Å². The van der Waals surface area contributed by atoms with Crippen LogP contribution in [0.3, 0.4) is 0 Å². The van der Waals surface area contributed by atoms with Crippen molar-refractivity contribution in [2.75, 3.05) is 31.7 Å². The van der Waals surface area contributed by atoms with Gasteiger partial charge in [0.15, 0.2) is 0 Å². The van der Waals surface area contributed by atoms with E-state index in [1.807, 2.05) is 6.92 Å². The van der Waals surface area contributed by atoms with Crippen LogP contribution in [0.15, 0.2) is 71.6 Å². The molecule has 11 heteroatoms. The van der Waals surface area contributed by atoms with E-state index < -0.39 is 46.1 Å². The number of sulfonamides is 1. The zero-order valence-electron chi connectivity index (χ0n) is 21.2. The van der Waals surface area contributed by atoms with Crippen LogP contribution >= 0.6 is 0 Å². The second-order valence-corrected chi connectivity index (χ2v) is 10.3. The number of nitrogens with one attached hydrogen (secondary N) is 2. The molecule has 1 unspecified atom stereocenters. The van der Waals surface area contributed by atoms with Crippen LogP contribution in [0.25, 0.3) is 0 Å². The smallest absolute Gasteiger partial charge is 0.248 e. The molecule has 0 radical (unpaired) electrons. The van der Waals surface area contributed by atoms with E-state index in [0.29, 0.717) is 11.3 Å². The Morgan fingerprint density at radius 3 is 2.32 bits per heavy atom. The van der Waals surface area contributed by atoms with Crippen LogP contribution in [0.4, 0.5) is 14.5 Å². The van der Waals surface area contributed by atoms with Crippen molar-refractivity contribution in [3.8, 4) is 0 Å². The van der Waals surface area contributed by atoms with Crippen molar-refractivity contribution in [3.63, 3.8) is 0 Å². The molecule has 0 aliphatic carbocycles. The summed E-state index contributed by atoms with van der Waals surface area (Å²) in [5.74, 6) is -2.82. The van der Waals surface area contributed by atoms with Gasteiger partial charge >= 0.3 is 0 Å². The van der Waals surface area contributed by atoms with Gasteiger partial charge in [0, 0.05) is 24.9 Å². The Kier molecular flexibility index (Phi) is 9.67. The molecule has 0 heterocycles. The van der Waals surface area contributed by atoms with E-state index in [4.69, 9.17) is 4.74 Å². The van der Waals surface area contributed by atoms with Crippen LogP contribution in [-0.2, 0) is 24.3 Å². The summed E-state index contributed by atoms with van der Waals surface area (Å²) in [5.41, 5.74) is 1.74. The third-order valence-corrected chi connectivity index (χ3v) is 7.15. The molecule has 38 heavy (non-hydrogen) atoms. The molecule has 0 saturated carbocycles. The minimum Gasteiger partial charge on any atom is -0.383 e. The van der Waals surface area contributed by atoms with Crippen molar-refractivity contribution in [3.05, 3.63) is 95.1 Å². The average Bonchev–Trinajstić information content (AvgIpc) is 2.87. The number of halogens is 2. The summed E-state index contributed by atoms with van der Waals surface area (Å²) in [4.78, 5) is 27.9. The zero-order valence-corrected chi connectivity index (χ0v) is 22.0. The molecule has 0 saturated heterocycles. The van der Waals surface area contributed by atoms with Crippen LogP contribution in [0, 0.1) is 25.5 Å². The Bertz CT molecular complexity index is 1400. The maximum absolute atomic E-state index is 15.0. The minimum atomic E-state index is -4.20. The Morgan fingerprint density at radius 1 is 1.00 bits per heavy atom. The van der Waals surface area contributed by atoms with Gasteiger partial charge in [-0.05, 0) is 55.8 Å². The number of benzene rings is 3. The molecular weight excluding hydrogens is 516 g/mol. The molecule has 0 bridgehead atoms. The third-order valence-electron chi connectivity index (χ3n) is 5.73. The quantitative estimate of drug-likeness (QED) is 0.360. The molecule has 2 amide bonds. The summed E-state index contributed by atoms with van der Waals surface area (Å²) >= 11 is 0. The van der Waals surface area contributed by atoms with Crippen molar-refractivity contribution < 1.29 is 31.5 Å². The number of hydrogen-bond acceptors (Lipinski definition) is 5. The Labute approximate surface area is 220 Å². The number of nitrogens with zero attached hydrogens (tertiary/aromatic N) is 1. The van der Waals surface area contributed by atoms with Gasteiger partial charge in [0.25, 0.3) is 0 Å². The van der Waals surface area contributed by atoms with Crippen LogP contribution in [-0.4, -0.2) is 47.0 Å². The van der Waals surface area contributed by atoms with Gasteiger partial charge in [0.2, 0.25) is 21.8 Å².